The van der Waals surface area contributed by atoms with E-state index < -0.39 is 10.0 Å². The fraction of sp³-hybridized carbons (Fsp3) is 0.481. The molecule has 1 aliphatic rings. The highest BCUT2D eigenvalue weighted by Gasteiger charge is 2.26. The van der Waals surface area contributed by atoms with Gasteiger partial charge in [0.1, 0.15) is 0 Å². The number of carbonyl (C=O) groups is 1. The Kier molecular flexibility index (Phi) is 10.1. The molecular formula is C27H36ClN4O3S2-. The largest absolute Gasteiger partial charge is 1.00 e. The summed E-state index contributed by atoms with van der Waals surface area (Å²) in [6.45, 7) is 6.59. The Balaban J connectivity index is 0.00000380. The third kappa shape index (κ3) is 6.89. The van der Waals surface area contributed by atoms with Crippen LogP contribution >= 0.6 is 11.3 Å². The van der Waals surface area contributed by atoms with E-state index in [2.05, 4.69) is 24.0 Å². The van der Waals surface area contributed by atoms with Crippen LogP contribution in [-0.2, 0) is 10.0 Å². The molecule has 1 aliphatic heterocycles. The molecule has 1 saturated heterocycles. The Bertz CT molecular complexity index is 1320. The van der Waals surface area contributed by atoms with Gasteiger partial charge >= 0.3 is 0 Å². The molecule has 10 heteroatoms. The lowest BCUT2D eigenvalue weighted by Gasteiger charge is -2.22. The van der Waals surface area contributed by atoms with Crippen molar-refractivity contribution in [1.29, 1.82) is 0 Å². The molecule has 0 saturated carbocycles. The smallest absolute Gasteiger partial charge is 0.260 e. The molecule has 202 valence electrons. The molecule has 3 aromatic rings. The summed E-state index contributed by atoms with van der Waals surface area (Å²) >= 11 is 1.52. The molecule has 1 fully saturated rings. The molecule has 0 unspecified atom stereocenters. The number of sulfonamides is 1. The lowest BCUT2D eigenvalue weighted by atomic mass is 10.1. The molecule has 1 amide bonds. The van der Waals surface area contributed by atoms with Crippen molar-refractivity contribution in [3.05, 3.63) is 53.1 Å². The van der Waals surface area contributed by atoms with Crippen molar-refractivity contribution >= 4 is 42.6 Å². The van der Waals surface area contributed by atoms with Crippen molar-refractivity contribution < 1.29 is 25.6 Å². The Labute approximate surface area is 230 Å². The van der Waals surface area contributed by atoms with Gasteiger partial charge in [-0.2, -0.15) is 4.31 Å². The summed E-state index contributed by atoms with van der Waals surface area (Å²) in [5.74, 6) is -0.166. The number of rotatable bonds is 8. The SMILES string of the molecule is Cc1cc(C)c2nc(N(CCCN(C)C)C(=O)c3ccc(S(=O)(=O)N4CCCCCC4)cc3)sc2c1.[Cl-]. The molecule has 0 atom stereocenters. The number of hydrogen-bond acceptors (Lipinski definition) is 6. The molecule has 7 nitrogen and oxygen atoms in total. The first-order valence-electron chi connectivity index (χ1n) is 12.6. The monoisotopic (exact) mass is 563 g/mol. The summed E-state index contributed by atoms with van der Waals surface area (Å²) in [5.41, 5.74) is 3.64. The van der Waals surface area contributed by atoms with Crippen LogP contribution in [0, 0.1) is 13.8 Å². The molecule has 0 aliphatic carbocycles. The van der Waals surface area contributed by atoms with Crippen LogP contribution in [0.25, 0.3) is 10.2 Å². The highest BCUT2D eigenvalue weighted by Crippen LogP contribution is 2.33. The van der Waals surface area contributed by atoms with Crippen molar-refractivity contribution in [1.82, 2.24) is 14.2 Å². The average molecular weight is 564 g/mol. The van der Waals surface area contributed by atoms with Gasteiger partial charge in [-0.15, -0.1) is 0 Å². The number of halogens is 1. The minimum absolute atomic E-state index is 0. The first kappa shape index (κ1) is 29.5. The average Bonchev–Trinajstić information content (AvgIpc) is 3.06. The fourth-order valence-corrected chi connectivity index (χ4v) is 7.34. The summed E-state index contributed by atoms with van der Waals surface area (Å²) in [6, 6.07) is 10.6. The molecule has 0 radical (unpaired) electrons. The van der Waals surface area contributed by atoms with E-state index in [9.17, 15) is 13.2 Å². The van der Waals surface area contributed by atoms with Crippen molar-refractivity contribution in [2.24, 2.45) is 0 Å². The van der Waals surface area contributed by atoms with Gasteiger partial charge in [0.05, 0.1) is 15.1 Å². The normalized spacial score (nSPS) is 14.9. The molecule has 37 heavy (non-hydrogen) atoms. The summed E-state index contributed by atoms with van der Waals surface area (Å²) < 4.78 is 29.0. The summed E-state index contributed by atoms with van der Waals surface area (Å²) in [5, 5.41) is 0.670. The van der Waals surface area contributed by atoms with E-state index in [-0.39, 0.29) is 23.2 Å². The van der Waals surface area contributed by atoms with Crippen molar-refractivity contribution in [2.45, 2.75) is 50.8 Å². The van der Waals surface area contributed by atoms with Gasteiger partial charge in [-0.25, -0.2) is 13.4 Å². The first-order valence-corrected chi connectivity index (χ1v) is 14.9. The van der Waals surface area contributed by atoms with Crippen molar-refractivity contribution in [3.63, 3.8) is 0 Å². The van der Waals surface area contributed by atoms with Crippen LogP contribution in [0.5, 0.6) is 0 Å². The number of fused-ring (bicyclic) bond motifs is 1. The second-order valence-electron chi connectivity index (χ2n) is 9.88. The van der Waals surface area contributed by atoms with E-state index in [1.807, 2.05) is 21.0 Å². The minimum Gasteiger partial charge on any atom is -1.00 e. The van der Waals surface area contributed by atoms with E-state index >= 15 is 0 Å². The quantitative estimate of drug-likeness (QED) is 0.419. The van der Waals surface area contributed by atoms with E-state index in [1.54, 1.807) is 33.5 Å². The van der Waals surface area contributed by atoms with E-state index in [1.165, 1.54) is 16.9 Å². The molecule has 0 spiro atoms. The van der Waals surface area contributed by atoms with Gasteiger partial charge in [0.2, 0.25) is 10.0 Å². The van der Waals surface area contributed by atoms with Gasteiger partial charge in [0.25, 0.3) is 5.91 Å². The summed E-state index contributed by atoms with van der Waals surface area (Å²) in [4.78, 5) is 22.6. The zero-order valence-corrected chi connectivity index (χ0v) is 24.4. The van der Waals surface area contributed by atoms with Crippen molar-refractivity contribution in [2.75, 3.05) is 45.2 Å². The maximum absolute atomic E-state index is 13.7. The Hall–Kier alpha value is -2.04. The molecule has 2 aromatic carbocycles. The topological polar surface area (TPSA) is 73.8 Å². The predicted octanol–water partition coefficient (Wildman–Crippen LogP) is 2.08. The Morgan fingerprint density at radius 3 is 2.27 bits per heavy atom. The maximum Gasteiger partial charge on any atom is 0.260 e. The number of thiazole rings is 1. The lowest BCUT2D eigenvalue weighted by molar-refractivity contribution is -0.0000176. The van der Waals surface area contributed by atoms with Crippen LogP contribution in [0.4, 0.5) is 5.13 Å². The lowest BCUT2D eigenvalue weighted by Crippen LogP contribution is -3.00. The van der Waals surface area contributed by atoms with Crippen LogP contribution in [0.2, 0.25) is 0 Å². The second-order valence-corrected chi connectivity index (χ2v) is 12.8. The fourth-order valence-electron chi connectivity index (χ4n) is 4.66. The van der Waals surface area contributed by atoms with Crippen LogP contribution in [-0.4, -0.2) is 68.8 Å². The van der Waals surface area contributed by atoms with E-state index in [0.29, 0.717) is 30.3 Å². The number of nitrogens with zero attached hydrogens (tertiary/aromatic N) is 4. The predicted molar refractivity (Wildman–Crippen MR) is 148 cm³/mol. The highest BCUT2D eigenvalue weighted by molar-refractivity contribution is 7.89. The number of anilines is 1. The van der Waals surface area contributed by atoms with E-state index in [4.69, 9.17) is 4.98 Å². The van der Waals surface area contributed by atoms with Gasteiger partial charge < -0.3 is 17.3 Å². The number of hydrogen-bond donors (Lipinski definition) is 0. The highest BCUT2D eigenvalue weighted by atomic mass is 35.5. The van der Waals surface area contributed by atoms with E-state index in [0.717, 1.165) is 54.4 Å². The number of aromatic nitrogens is 1. The van der Waals surface area contributed by atoms with Gasteiger partial charge in [-0.1, -0.05) is 30.2 Å². The third-order valence-electron chi connectivity index (χ3n) is 6.59. The van der Waals surface area contributed by atoms with Crippen molar-refractivity contribution in [3.8, 4) is 0 Å². The van der Waals surface area contributed by atoms with Gasteiger partial charge in [0.15, 0.2) is 5.13 Å². The Morgan fingerprint density at radius 1 is 1.00 bits per heavy atom. The van der Waals surface area contributed by atoms with Crippen LogP contribution in [0.15, 0.2) is 41.3 Å². The third-order valence-corrected chi connectivity index (χ3v) is 9.52. The maximum atomic E-state index is 13.7. The standard InChI is InChI=1S/C27H36N4O3S2.ClH/c1-20-18-21(2)25-24(19-20)35-27(28-25)31(17-9-14-29(3)4)26(32)22-10-12-23(13-11-22)36(33,34)30-15-7-5-6-8-16-30;/h10-13,18-19H,5-9,14-17H2,1-4H3;1H/p-1. The number of aryl methyl sites for hydroxylation is 2. The molecule has 2 heterocycles. The summed E-state index contributed by atoms with van der Waals surface area (Å²) in [7, 11) is 0.469. The summed E-state index contributed by atoms with van der Waals surface area (Å²) in [6.07, 6.45) is 4.70. The molecule has 4 rings (SSSR count). The molecule has 0 N–H and O–H groups in total. The Morgan fingerprint density at radius 2 is 1.65 bits per heavy atom. The molecular weight excluding hydrogens is 528 g/mol. The van der Waals surface area contributed by atoms with Gasteiger partial charge in [-0.05, 0) is 95.2 Å². The first-order chi connectivity index (χ1) is 17.2. The number of carbonyl (C=O) groups excluding carboxylic acids is 1. The molecule has 0 bridgehead atoms. The van der Waals surface area contributed by atoms with Gasteiger partial charge in [-0.3, -0.25) is 9.69 Å². The second kappa shape index (κ2) is 12.7. The van der Waals surface area contributed by atoms with Crippen LogP contribution in [0.1, 0.15) is 53.6 Å². The molecule has 1 aromatic heterocycles. The number of benzene rings is 2. The number of amides is 1. The zero-order valence-electron chi connectivity index (χ0n) is 22.0. The van der Waals surface area contributed by atoms with Crippen LogP contribution < -0.4 is 17.3 Å². The van der Waals surface area contributed by atoms with Crippen LogP contribution in [0.3, 0.4) is 0 Å². The minimum atomic E-state index is -3.56. The van der Waals surface area contributed by atoms with Gasteiger partial charge in [0, 0.05) is 25.2 Å². The zero-order chi connectivity index (χ0) is 25.9.